The fraction of sp³-hybridized carbons (Fsp3) is 0.381. The highest BCUT2D eigenvalue weighted by Crippen LogP contribution is 2.28. The fourth-order valence-corrected chi connectivity index (χ4v) is 2.60. The Morgan fingerprint density at radius 1 is 1.10 bits per heavy atom. The van der Waals surface area contributed by atoms with Gasteiger partial charge in [-0.2, -0.15) is 0 Å². The van der Waals surface area contributed by atoms with E-state index in [1.54, 1.807) is 32.9 Å². The van der Waals surface area contributed by atoms with Gasteiger partial charge in [0.2, 0.25) is 0 Å². The first-order valence-electron chi connectivity index (χ1n) is 9.06. The lowest BCUT2D eigenvalue weighted by molar-refractivity contribution is -0.154. The molecule has 0 radical (unpaired) electrons. The molecule has 2 rings (SSSR count). The van der Waals surface area contributed by atoms with Crippen molar-refractivity contribution in [2.45, 2.75) is 45.8 Å². The molecule has 2 aromatic rings. The lowest BCUT2D eigenvalue weighted by Gasteiger charge is -2.19. The number of carbonyl (C=O) groups excluding carboxylic acids is 3. The van der Waals surface area contributed by atoms with Crippen molar-refractivity contribution in [3.63, 3.8) is 0 Å². The number of methoxy groups -OCH3 is 1. The molecule has 8 heteroatoms. The second-order valence-electron chi connectivity index (χ2n) is 7.33. The van der Waals surface area contributed by atoms with Gasteiger partial charge in [-0.05, 0) is 26.3 Å². The molecule has 1 heterocycles. The highest BCUT2D eigenvalue weighted by molar-refractivity contribution is 5.94. The lowest BCUT2D eigenvalue weighted by atomic mass is 10.1. The molecule has 8 nitrogen and oxygen atoms in total. The van der Waals surface area contributed by atoms with E-state index in [4.69, 9.17) is 9.47 Å². The summed E-state index contributed by atoms with van der Waals surface area (Å²) in [5, 5.41) is 10.4. The molecular weight excluding hydrogens is 378 g/mol. The maximum absolute atomic E-state index is 12.6. The Kier molecular flexibility index (Phi) is 7.03. The molecule has 0 aliphatic heterocycles. The first kappa shape index (κ1) is 22.0. The molecule has 0 saturated carbocycles. The minimum atomic E-state index is -0.810. The van der Waals surface area contributed by atoms with E-state index >= 15 is 0 Å². The van der Waals surface area contributed by atoms with E-state index in [2.05, 4.69) is 4.74 Å². The Morgan fingerprint density at radius 2 is 1.76 bits per heavy atom. The van der Waals surface area contributed by atoms with E-state index in [1.165, 1.54) is 0 Å². The van der Waals surface area contributed by atoms with Crippen LogP contribution in [0.1, 0.15) is 48.8 Å². The van der Waals surface area contributed by atoms with Crippen LogP contribution in [-0.2, 0) is 32.0 Å². The van der Waals surface area contributed by atoms with E-state index in [9.17, 15) is 19.5 Å². The molecule has 29 heavy (non-hydrogen) atoms. The molecule has 0 unspecified atom stereocenters. The molecule has 0 aliphatic rings. The minimum Gasteiger partial charge on any atom is -0.505 e. The molecule has 0 spiro atoms. The van der Waals surface area contributed by atoms with Gasteiger partial charge in [-0.3, -0.25) is 9.36 Å². The summed E-state index contributed by atoms with van der Waals surface area (Å²) in [6, 6.07) is 9.05. The van der Waals surface area contributed by atoms with E-state index in [1.807, 2.05) is 18.2 Å². The summed E-state index contributed by atoms with van der Waals surface area (Å²) in [6.45, 7) is 5.22. The van der Waals surface area contributed by atoms with E-state index in [-0.39, 0.29) is 30.7 Å². The first-order chi connectivity index (χ1) is 13.6. The maximum Gasteiger partial charge on any atom is 0.418 e. The standard InChI is InChI=1S/C21H25NO7/c1-21(2,3)29-17(23)11-10-16-18(24)15(19(25)27-4)12-22(16)20(26)28-13-14-8-6-5-7-9-14/h5-9,12,24H,10-11,13H2,1-4H3. The highest BCUT2D eigenvalue weighted by Gasteiger charge is 2.26. The third-order valence-electron chi connectivity index (χ3n) is 3.87. The monoisotopic (exact) mass is 403 g/mol. The van der Waals surface area contributed by atoms with Crippen LogP contribution in [0.5, 0.6) is 5.75 Å². The largest absolute Gasteiger partial charge is 0.505 e. The van der Waals surface area contributed by atoms with Crippen LogP contribution in [0.25, 0.3) is 0 Å². The number of aromatic hydroxyl groups is 1. The Balaban J connectivity index is 2.21. The van der Waals surface area contributed by atoms with Gasteiger partial charge >= 0.3 is 18.0 Å². The molecule has 1 N–H and O–H groups in total. The summed E-state index contributed by atoms with van der Waals surface area (Å²) in [7, 11) is 1.16. The summed E-state index contributed by atoms with van der Waals surface area (Å²) in [5.41, 5.74) is -0.00852. The average Bonchev–Trinajstić information content (AvgIpc) is 3.00. The summed E-state index contributed by atoms with van der Waals surface area (Å²) in [5.74, 6) is -1.74. The second-order valence-corrected chi connectivity index (χ2v) is 7.33. The summed E-state index contributed by atoms with van der Waals surface area (Å²) in [4.78, 5) is 36.4. The number of benzene rings is 1. The summed E-state index contributed by atoms with van der Waals surface area (Å²) in [6.07, 6.45) is 0.219. The zero-order valence-electron chi connectivity index (χ0n) is 16.9. The Bertz CT molecular complexity index is 878. The predicted molar refractivity (Wildman–Crippen MR) is 104 cm³/mol. The van der Waals surface area contributed by atoms with Crippen molar-refractivity contribution in [1.29, 1.82) is 0 Å². The molecule has 1 aromatic carbocycles. The molecule has 0 aliphatic carbocycles. The van der Waals surface area contributed by atoms with E-state index in [0.29, 0.717) is 0 Å². The predicted octanol–water partition coefficient (Wildman–Crippen LogP) is 3.44. The quantitative estimate of drug-likeness (QED) is 0.582. The second kappa shape index (κ2) is 9.27. The Morgan fingerprint density at radius 3 is 2.34 bits per heavy atom. The number of esters is 2. The minimum absolute atomic E-state index is 0.0116. The molecule has 1 aromatic heterocycles. The van der Waals surface area contributed by atoms with Crippen LogP contribution >= 0.6 is 0 Å². The van der Waals surface area contributed by atoms with Gasteiger partial charge in [-0.25, -0.2) is 9.59 Å². The van der Waals surface area contributed by atoms with Gasteiger partial charge < -0.3 is 19.3 Å². The normalized spacial score (nSPS) is 11.0. The van der Waals surface area contributed by atoms with Crippen LogP contribution < -0.4 is 0 Å². The number of rotatable bonds is 6. The van der Waals surface area contributed by atoms with Crippen LogP contribution in [0.15, 0.2) is 36.5 Å². The van der Waals surface area contributed by atoms with Crippen molar-refractivity contribution in [2.75, 3.05) is 7.11 Å². The topological polar surface area (TPSA) is 104 Å². The van der Waals surface area contributed by atoms with Gasteiger partial charge in [0.05, 0.1) is 19.2 Å². The van der Waals surface area contributed by atoms with Gasteiger partial charge in [0.1, 0.15) is 17.8 Å². The smallest absolute Gasteiger partial charge is 0.418 e. The van der Waals surface area contributed by atoms with Crippen LogP contribution in [0.4, 0.5) is 4.79 Å². The zero-order chi connectivity index (χ0) is 21.6. The number of nitrogens with zero attached hydrogens (tertiary/aromatic N) is 1. The third kappa shape index (κ3) is 6.10. The van der Waals surface area contributed by atoms with E-state index < -0.39 is 29.4 Å². The molecule has 0 bridgehead atoms. The maximum atomic E-state index is 12.6. The van der Waals surface area contributed by atoms with Gasteiger partial charge in [0.15, 0.2) is 5.75 Å². The van der Waals surface area contributed by atoms with Gasteiger partial charge in [-0.1, -0.05) is 30.3 Å². The number of ether oxygens (including phenoxy) is 3. The van der Waals surface area contributed by atoms with Gasteiger partial charge in [0.25, 0.3) is 0 Å². The fourth-order valence-electron chi connectivity index (χ4n) is 2.60. The number of carbonyl (C=O) groups is 3. The van der Waals surface area contributed by atoms with Crippen molar-refractivity contribution in [1.82, 2.24) is 4.57 Å². The average molecular weight is 403 g/mol. The molecular formula is C21H25NO7. The van der Waals surface area contributed by atoms with E-state index in [0.717, 1.165) is 23.4 Å². The van der Waals surface area contributed by atoms with Crippen molar-refractivity contribution in [3.05, 3.63) is 53.3 Å². The van der Waals surface area contributed by atoms with Crippen LogP contribution in [-0.4, -0.2) is 40.4 Å². The van der Waals surface area contributed by atoms with Crippen molar-refractivity contribution < 1.29 is 33.7 Å². The highest BCUT2D eigenvalue weighted by atomic mass is 16.6. The Hall–Kier alpha value is -3.29. The molecule has 0 atom stereocenters. The number of hydrogen-bond donors (Lipinski definition) is 1. The number of aromatic nitrogens is 1. The van der Waals surface area contributed by atoms with Crippen LogP contribution in [0, 0.1) is 0 Å². The lowest BCUT2D eigenvalue weighted by Crippen LogP contribution is -2.24. The molecule has 0 saturated heterocycles. The van der Waals surface area contributed by atoms with Crippen molar-refractivity contribution in [2.24, 2.45) is 0 Å². The molecule has 0 fully saturated rings. The third-order valence-corrected chi connectivity index (χ3v) is 3.87. The number of hydrogen-bond acceptors (Lipinski definition) is 7. The van der Waals surface area contributed by atoms with Gasteiger partial charge in [-0.15, -0.1) is 0 Å². The summed E-state index contributed by atoms with van der Waals surface area (Å²) >= 11 is 0. The van der Waals surface area contributed by atoms with Gasteiger partial charge in [0, 0.05) is 12.6 Å². The van der Waals surface area contributed by atoms with Crippen LogP contribution in [0.2, 0.25) is 0 Å². The Labute approximate surface area is 169 Å². The molecule has 0 amide bonds. The first-order valence-corrected chi connectivity index (χ1v) is 9.06. The SMILES string of the molecule is COC(=O)c1cn(C(=O)OCc2ccccc2)c(CCC(=O)OC(C)(C)C)c1O. The van der Waals surface area contributed by atoms with Crippen LogP contribution in [0.3, 0.4) is 0 Å². The van der Waals surface area contributed by atoms with Crippen molar-refractivity contribution >= 4 is 18.0 Å². The van der Waals surface area contributed by atoms with Crippen molar-refractivity contribution in [3.8, 4) is 5.75 Å². The zero-order valence-corrected chi connectivity index (χ0v) is 16.9. The molecule has 156 valence electrons. The summed E-state index contributed by atoms with van der Waals surface area (Å²) < 4.78 is 16.2.